The van der Waals surface area contributed by atoms with Crippen molar-refractivity contribution in [3.8, 4) is 0 Å². The van der Waals surface area contributed by atoms with Crippen molar-refractivity contribution in [1.29, 1.82) is 0 Å². The topological polar surface area (TPSA) is 81.3 Å². The SMILES string of the molecule is CC1CCCN(C)C1.COC(=O)c1nc(Cc2ccc(F)cc2)c(N)nc1C. The van der Waals surface area contributed by atoms with E-state index in [0.717, 1.165) is 11.5 Å². The highest BCUT2D eigenvalue weighted by Gasteiger charge is 2.16. The van der Waals surface area contributed by atoms with Gasteiger partial charge >= 0.3 is 5.97 Å². The van der Waals surface area contributed by atoms with Crippen LogP contribution in [0.15, 0.2) is 24.3 Å². The van der Waals surface area contributed by atoms with E-state index in [1.165, 1.54) is 45.2 Å². The highest BCUT2D eigenvalue weighted by Crippen LogP contribution is 2.16. The lowest BCUT2D eigenvalue weighted by Gasteiger charge is -2.26. The number of hydrogen-bond donors (Lipinski definition) is 1. The Morgan fingerprint density at radius 3 is 2.54 bits per heavy atom. The number of nitrogens with two attached hydrogens (primary N) is 1. The molecule has 2 N–H and O–H groups in total. The molecule has 152 valence electrons. The number of nitrogen functional groups attached to an aromatic ring is 1. The van der Waals surface area contributed by atoms with Gasteiger partial charge in [-0.05, 0) is 57.0 Å². The van der Waals surface area contributed by atoms with E-state index in [-0.39, 0.29) is 17.3 Å². The summed E-state index contributed by atoms with van der Waals surface area (Å²) in [6.45, 7) is 6.58. The molecule has 0 bridgehead atoms. The van der Waals surface area contributed by atoms with Crippen molar-refractivity contribution in [2.45, 2.75) is 33.1 Å². The van der Waals surface area contributed by atoms with Crippen LogP contribution in [0, 0.1) is 18.7 Å². The molecule has 1 unspecified atom stereocenters. The zero-order valence-electron chi connectivity index (χ0n) is 17.0. The Kier molecular flexibility index (Phi) is 7.87. The lowest BCUT2D eigenvalue weighted by Crippen LogP contribution is -2.30. The number of rotatable bonds is 3. The third kappa shape index (κ3) is 6.27. The summed E-state index contributed by atoms with van der Waals surface area (Å²) in [6, 6.07) is 5.98. The quantitative estimate of drug-likeness (QED) is 0.813. The Bertz CT molecular complexity index is 788. The predicted octanol–water partition coefficient (Wildman–Crippen LogP) is 3.23. The van der Waals surface area contributed by atoms with Gasteiger partial charge in [-0.3, -0.25) is 0 Å². The summed E-state index contributed by atoms with van der Waals surface area (Å²) in [4.78, 5) is 22.3. The summed E-state index contributed by atoms with van der Waals surface area (Å²) in [6.07, 6.45) is 3.20. The minimum absolute atomic E-state index is 0.138. The number of aryl methyl sites for hydroxylation is 1. The zero-order valence-corrected chi connectivity index (χ0v) is 17.0. The number of nitrogens with zero attached hydrogens (tertiary/aromatic N) is 3. The van der Waals surface area contributed by atoms with Crippen molar-refractivity contribution < 1.29 is 13.9 Å². The number of piperidine rings is 1. The molecule has 2 heterocycles. The molecule has 6 nitrogen and oxygen atoms in total. The van der Waals surface area contributed by atoms with Gasteiger partial charge in [-0.15, -0.1) is 0 Å². The van der Waals surface area contributed by atoms with Crippen LogP contribution >= 0.6 is 0 Å². The number of carbonyl (C=O) groups excluding carboxylic acids is 1. The molecule has 1 atom stereocenters. The van der Waals surface area contributed by atoms with Crippen molar-refractivity contribution >= 4 is 11.8 Å². The molecule has 1 aromatic heterocycles. The Labute approximate surface area is 165 Å². The van der Waals surface area contributed by atoms with Crippen LogP contribution in [-0.2, 0) is 11.2 Å². The molecule has 1 aromatic carbocycles. The number of carbonyl (C=O) groups is 1. The van der Waals surface area contributed by atoms with Gasteiger partial charge in [-0.1, -0.05) is 19.1 Å². The summed E-state index contributed by atoms with van der Waals surface area (Å²) in [5, 5.41) is 0. The van der Waals surface area contributed by atoms with E-state index < -0.39 is 5.97 Å². The fourth-order valence-electron chi connectivity index (χ4n) is 3.21. The number of anilines is 1. The molecule has 1 saturated heterocycles. The second kappa shape index (κ2) is 10.1. The van der Waals surface area contributed by atoms with Crippen molar-refractivity contribution in [1.82, 2.24) is 14.9 Å². The molecule has 2 aromatic rings. The van der Waals surface area contributed by atoms with Crippen LogP contribution in [0.3, 0.4) is 0 Å². The monoisotopic (exact) mass is 388 g/mol. The summed E-state index contributed by atoms with van der Waals surface area (Å²) < 4.78 is 17.5. The van der Waals surface area contributed by atoms with Crippen LogP contribution in [0.5, 0.6) is 0 Å². The van der Waals surface area contributed by atoms with Crippen LogP contribution in [0.4, 0.5) is 10.2 Å². The average Bonchev–Trinajstić information content (AvgIpc) is 2.65. The maximum absolute atomic E-state index is 12.9. The van der Waals surface area contributed by atoms with Gasteiger partial charge in [0.15, 0.2) is 5.69 Å². The Morgan fingerprint density at radius 2 is 2.00 bits per heavy atom. The van der Waals surface area contributed by atoms with E-state index in [4.69, 9.17) is 5.73 Å². The molecular formula is C21H29FN4O2. The highest BCUT2D eigenvalue weighted by molar-refractivity contribution is 5.88. The molecule has 0 radical (unpaired) electrons. The number of halogens is 1. The minimum Gasteiger partial charge on any atom is -0.464 e. The first kappa shape index (κ1) is 21.8. The van der Waals surface area contributed by atoms with E-state index >= 15 is 0 Å². The van der Waals surface area contributed by atoms with Crippen molar-refractivity contribution in [3.63, 3.8) is 0 Å². The first-order chi connectivity index (χ1) is 13.3. The average molecular weight is 388 g/mol. The van der Waals surface area contributed by atoms with Gasteiger partial charge in [0.1, 0.15) is 11.6 Å². The molecule has 0 spiro atoms. The summed E-state index contributed by atoms with van der Waals surface area (Å²) in [5.41, 5.74) is 7.65. The number of ether oxygens (including phenoxy) is 1. The van der Waals surface area contributed by atoms with Crippen LogP contribution in [0.1, 0.15) is 47.2 Å². The van der Waals surface area contributed by atoms with Crippen molar-refractivity contribution in [2.75, 3.05) is 33.0 Å². The van der Waals surface area contributed by atoms with E-state index in [2.05, 4.69) is 33.6 Å². The Hall–Kier alpha value is -2.54. The third-order valence-electron chi connectivity index (χ3n) is 4.70. The molecule has 0 saturated carbocycles. The van der Waals surface area contributed by atoms with Gasteiger partial charge in [0.05, 0.1) is 18.5 Å². The fraction of sp³-hybridized carbons (Fsp3) is 0.476. The number of esters is 1. The van der Waals surface area contributed by atoms with Gasteiger partial charge in [0, 0.05) is 13.0 Å². The van der Waals surface area contributed by atoms with E-state index in [1.54, 1.807) is 19.1 Å². The van der Waals surface area contributed by atoms with Crippen LogP contribution < -0.4 is 5.73 Å². The van der Waals surface area contributed by atoms with E-state index in [9.17, 15) is 9.18 Å². The summed E-state index contributed by atoms with van der Waals surface area (Å²) in [5.74, 6) is 0.315. The second-order valence-corrected chi connectivity index (χ2v) is 7.29. The molecule has 0 aliphatic carbocycles. The first-order valence-corrected chi connectivity index (χ1v) is 9.44. The molecule has 28 heavy (non-hydrogen) atoms. The lowest BCUT2D eigenvalue weighted by molar-refractivity contribution is 0.0592. The van der Waals surface area contributed by atoms with Crippen molar-refractivity contribution in [2.24, 2.45) is 5.92 Å². The highest BCUT2D eigenvalue weighted by atomic mass is 19.1. The van der Waals surface area contributed by atoms with Gasteiger partial charge in [-0.2, -0.15) is 0 Å². The maximum Gasteiger partial charge on any atom is 0.358 e. The maximum atomic E-state index is 12.9. The third-order valence-corrected chi connectivity index (χ3v) is 4.70. The van der Waals surface area contributed by atoms with Gasteiger partial charge < -0.3 is 15.4 Å². The predicted molar refractivity (Wildman–Crippen MR) is 108 cm³/mol. The fourth-order valence-corrected chi connectivity index (χ4v) is 3.21. The molecule has 1 fully saturated rings. The van der Waals surface area contributed by atoms with Gasteiger partial charge in [0.25, 0.3) is 0 Å². The van der Waals surface area contributed by atoms with E-state index in [1.807, 2.05) is 0 Å². The number of methoxy groups -OCH3 is 1. The molecule has 7 heteroatoms. The van der Waals surface area contributed by atoms with Crippen LogP contribution in [0.2, 0.25) is 0 Å². The molecule has 1 aliphatic heterocycles. The Morgan fingerprint density at radius 1 is 1.32 bits per heavy atom. The molecular weight excluding hydrogens is 359 g/mol. The molecule has 0 amide bonds. The standard InChI is InChI=1S/C14H14FN3O2.C7H15N/c1-8-12(14(19)20-2)18-11(13(16)17-8)7-9-3-5-10(15)6-4-9;1-7-4-3-5-8(2)6-7/h3-6H,7H2,1-2H3,(H2,16,17);7H,3-6H2,1-2H3. The number of aromatic nitrogens is 2. The zero-order chi connectivity index (χ0) is 20.7. The molecule has 3 rings (SSSR count). The van der Waals surface area contributed by atoms with Gasteiger partial charge in [-0.25, -0.2) is 19.2 Å². The summed E-state index contributed by atoms with van der Waals surface area (Å²) in [7, 11) is 3.48. The minimum atomic E-state index is -0.560. The van der Waals surface area contributed by atoms with Gasteiger partial charge in [0.2, 0.25) is 0 Å². The number of hydrogen-bond acceptors (Lipinski definition) is 6. The normalized spacial score (nSPS) is 16.8. The largest absolute Gasteiger partial charge is 0.464 e. The van der Waals surface area contributed by atoms with Crippen LogP contribution in [0.25, 0.3) is 0 Å². The second-order valence-electron chi connectivity index (χ2n) is 7.29. The Balaban J connectivity index is 0.000000292. The number of likely N-dealkylation sites (tertiary alicyclic amines) is 1. The first-order valence-electron chi connectivity index (χ1n) is 9.44. The lowest BCUT2D eigenvalue weighted by atomic mass is 10.0. The summed E-state index contributed by atoms with van der Waals surface area (Å²) >= 11 is 0. The molecule has 1 aliphatic rings. The smallest absolute Gasteiger partial charge is 0.358 e. The van der Waals surface area contributed by atoms with Crippen LogP contribution in [-0.4, -0.2) is 48.1 Å². The van der Waals surface area contributed by atoms with E-state index in [0.29, 0.717) is 17.8 Å². The van der Waals surface area contributed by atoms with Crippen molar-refractivity contribution in [3.05, 3.63) is 52.7 Å². The number of benzene rings is 1.